The average molecular weight is 1030 g/mol. The van der Waals surface area contributed by atoms with E-state index in [4.69, 9.17) is 0 Å². The third-order valence-electron chi connectivity index (χ3n) is 21.4. The van der Waals surface area contributed by atoms with E-state index in [9.17, 15) is 0 Å². The van der Waals surface area contributed by atoms with Crippen LogP contribution in [0.1, 0.15) is 197 Å². The topological polar surface area (TPSA) is 6.48 Å². The maximum Gasteiger partial charge on any atom is 0.248 e. The number of thiophene rings is 1. The lowest BCUT2D eigenvalue weighted by molar-refractivity contribution is 0.195. The molecule has 8 aromatic rings. The Morgan fingerprint density at radius 3 is 1.91 bits per heavy atom. The van der Waals surface area contributed by atoms with Crippen LogP contribution in [0.3, 0.4) is 0 Å². The van der Waals surface area contributed by atoms with Crippen LogP contribution >= 0.6 is 11.3 Å². The van der Waals surface area contributed by atoms with Gasteiger partial charge in [-0.15, -0.1) is 11.3 Å². The summed E-state index contributed by atoms with van der Waals surface area (Å²) in [6.07, 6.45) is 12.3. The first-order chi connectivity index (χ1) is 36.4. The molecule has 0 amide bonds. The van der Waals surface area contributed by atoms with Crippen molar-refractivity contribution in [2.75, 3.05) is 9.80 Å². The third-order valence-corrected chi connectivity index (χ3v) is 22.5. The molecular weight excluding hydrogens is 948 g/mol. The Bertz CT molecular complexity index is 3890. The van der Waals surface area contributed by atoms with Gasteiger partial charge >= 0.3 is 0 Å². The number of hydrogen-bond donors (Lipinski definition) is 0. The van der Waals surface area contributed by atoms with Crippen LogP contribution in [-0.2, 0) is 32.5 Å². The molecule has 3 aliphatic carbocycles. The minimum absolute atomic E-state index is 0.00703. The Labute approximate surface area is 465 Å². The molecule has 2 nitrogen and oxygen atoms in total. The summed E-state index contributed by atoms with van der Waals surface area (Å²) in [6, 6.07) is 49.7. The number of aryl methyl sites for hydroxylation is 1. The number of hydrogen-bond acceptors (Lipinski definition) is 3. The van der Waals surface area contributed by atoms with Crippen LogP contribution in [0.2, 0.25) is 0 Å². The number of rotatable bonds is 3. The fraction of sp³-hybridized carbons (Fsp3) is 0.397. The second-order valence-electron chi connectivity index (χ2n) is 29.0. The minimum atomic E-state index is -0.0792. The summed E-state index contributed by atoms with van der Waals surface area (Å²) in [5.41, 5.74) is 26.8. The van der Waals surface area contributed by atoms with Crippen LogP contribution in [0.4, 0.5) is 28.4 Å². The molecule has 0 N–H and O–H groups in total. The molecule has 7 aromatic carbocycles. The van der Waals surface area contributed by atoms with Crippen molar-refractivity contribution >= 4 is 94.7 Å². The van der Waals surface area contributed by atoms with Gasteiger partial charge in [0.2, 0.25) is 6.71 Å². The van der Waals surface area contributed by atoms with Crippen LogP contribution in [0.15, 0.2) is 121 Å². The largest absolute Gasteiger partial charge is 0.334 e. The summed E-state index contributed by atoms with van der Waals surface area (Å²) in [6.45, 7) is 34.6. The van der Waals surface area contributed by atoms with Crippen molar-refractivity contribution in [3.8, 4) is 0 Å². The van der Waals surface area contributed by atoms with E-state index in [1.54, 1.807) is 0 Å². The zero-order valence-corrected chi connectivity index (χ0v) is 49.5. The van der Waals surface area contributed by atoms with Gasteiger partial charge in [0.1, 0.15) is 0 Å². The van der Waals surface area contributed by atoms with Crippen molar-refractivity contribution in [2.24, 2.45) is 0 Å². The molecule has 0 spiro atoms. The van der Waals surface area contributed by atoms with Crippen LogP contribution in [-0.4, -0.2) is 12.3 Å². The Balaban J connectivity index is 1.07. The fourth-order valence-corrected chi connectivity index (χ4v) is 17.4. The minimum Gasteiger partial charge on any atom is -0.334 e. The maximum atomic E-state index is 2.82. The molecule has 2 atom stereocenters. The molecule has 1 fully saturated rings. The maximum absolute atomic E-state index is 2.82. The first-order valence-corrected chi connectivity index (χ1v) is 30.2. The van der Waals surface area contributed by atoms with Gasteiger partial charge < -0.3 is 9.80 Å². The van der Waals surface area contributed by atoms with Gasteiger partial charge in [0.25, 0.3) is 0 Å². The van der Waals surface area contributed by atoms with Gasteiger partial charge in [-0.25, -0.2) is 0 Å². The number of fused-ring (bicyclic) bond motifs is 12. The lowest BCUT2D eigenvalue weighted by Crippen LogP contribution is -2.59. The van der Waals surface area contributed by atoms with Gasteiger partial charge in [0, 0.05) is 54.0 Å². The van der Waals surface area contributed by atoms with Gasteiger partial charge in [0.05, 0.1) is 5.54 Å². The van der Waals surface area contributed by atoms with E-state index in [1.807, 2.05) is 11.3 Å². The van der Waals surface area contributed by atoms with Gasteiger partial charge in [-0.2, -0.15) is 0 Å². The molecule has 390 valence electrons. The predicted molar refractivity (Wildman–Crippen MR) is 335 cm³/mol. The fourth-order valence-electron chi connectivity index (χ4n) is 16.2. The van der Waals surface area contributed by atoms with E-state index >= 15 is 0 Å². The van der Waals surface area contributed by atoms with E-state index in [2.05, 4.69) is 234 Å². The average Bonchev–Trinajstić information content (AvgIpc) is 4.06. The van der Waals surface area contributed by atoms with Gasteiger partial charge in [-0.3, -0.25) is 0 Å². The Hall–Kier alpha value is -5.84. The highest BCUT2D eigenvalue weighted by atomic mass is 32.1. The smallest absolute Gasteiger partial charge is 0.248 e. The van der Waals surface area contributed by atoms with Crippen molar-refractivity contribution in [3.63, 3.8) is 0 Å². The zero-order chi connectivity index (χ0) is 53.7. The molecular formula is C73H79BN2S. The molecule has 0 saturated heterocycles. The first-order valence-electron chi connectivity index (χ1n) is 29.4. The zero-order valence-electron chi connectivity index (χ0n) is 48.7. The van der Waals surface area contributed by atoms with E-state index in [0.717, 1.165) is 0 Å². The summed E-state index contributed by atoms with van der Waals surface area (Å²) in [4.78, 5) is 5.55. The van der Waals surface area contributed by atoms with E-state index in [1.165, 1.54) is 178 Å². The molecule has 0 bridgehead atoms. The molecule has 3 aliphatic heterocycles. The molecule has 4 heteroatoms. The first kappa shape index (κ1) is 49.5. The summed E-state index contributed by atoms with van der Waals surface area (Å²) in [7, 11) is 0. The molecule has 1 aromatic heterocycles. The normalized spacial score (nSPS) is 23.0. The van der Waals surface area contributed by atoms with Crippen molar-refractivity contribution < 1.29 is 0 Å². The Kier molecular flexibility index (Phi) is 10.4. The summed E-state index contributed by atoms with van der Waals surface area (Å²) in [5.74, 6) is 0. The highest BCUT2D eigenvalue weighted by Gasteiger charge is 2.58. The standard InChI is InChI=1S/C73H79BN2S/c1-44-35-46-37-52(45-21-25-51-50-19-15-16-20-64(50)77-65(51)38-45)53-40-49(76-61-28-22-47(67(2,3)4)39-58(61)72(13)29-17-18-30-73(72,76)14)24-27-59(53)74-60-42-56-57(71(11,12)34-33-70(56,9)10)43-62(60)75(63(36-44)66(46)74)48-23-26-54-55(41-48)69(7,8)32-31-68(54,5)6/h15-16,19-28,35-43H,17-18,29-34H2,1-14H3. The van der Waals surface area contributed by atoms with Crippen LogP contribution in [0, 0.1) is 6.92 Å². The molecule has 6 aliphatic rings. The van der Waals surface area contributed by atoms with Gasteiger partial charge in [0.15, 0.2) is 0 Å². The second-order valence-corrected chi connectivity index (χ2v) is 30.1. The third kappa shape index (κ3) is 7.04. The van der Waals surface area contributed by atoms with E-state index in [0.29, 0.717) is 0 Å². The SMILES string of the molecule is Cc1cc2c3c(c1)N(c1ccc4c(c1)C(C)(C)CCC4(C)C)c1cc4c(cc1B3c1ccc(N3c5ccc(C(C)(C)C)cc5C5(C)CCCCC35C)cc1C(c1ccc3c(c1)sc1ccccc13)=C2)C(C)(C)CCC4(C)C. The van der Waals surface area contributed by atoms with Crippen LogP contribution in [0.25, 0.3) is 31.8 Å². The quantitative estimate of drug-likeness (QED) is 0.163. The van der Waals surface area contributed by atoms with Crippen LogP contribution in [0.5, 0.6) is 0 Å². The number of anilines is 5. The van der Waals surface area contributed by atoms with Gasteiger partial charge in [-0.1, -0.05) is 168 Å². The van der Waals surface area contributed by atoms with E-state index in [-0.39, 0.29) is 44.7 Å². The Morgan fingerprint density at radius 1 is 0.506 bits per heavy atom. The lowest BCUT2D eigenvalue weighted by atomic mass is 9.33. The summed E-state index contributed by atoms with van der Waals surface area (Å²) >= 11 is 1.93. The van der Waals surface area contributed by atoms with Crippen LogP contribution < -0.4 is 26.2 Å². The molecule has 1 saturated carbocycles. The summed E-state index contributed by atoms with van der Waals surface area (Å²) in [5, 5.41) is 2.69. The summed E-state index contributed by atoms with van der Waals surface area (Å²) < 4.78 is 2.69. The molecule has 2 unspecified atom stereocenters. The monoisotopic (exact) mass is 1030 g/mol. The number of nitrogens with zero attached hydrogens (tertiary/aromatic N) is 2. The van der Waals surface area contributed by atoms with Crippen molar-refractivity contribution in [2.45, 2.75) is 186 Å². The molecule has 0 radical (unpaired) electrons. The molecule has 14 rings (SSSR count). The molecule has 77 heavy (non-hydrogen) atoms. The number of benzene rings is 7. The van der Waals surface area contributed by atoms with E-state index < -0.39 is 0 Å². The lowest BCUT2D eigenvalue weighted by Gasteiger charge is -2.50. The van der Waals surface area contributed by atoms with Crippen molar-refractivity contribution in [1.82, 2.24) is 0 Å². The van der Waals surface area contributed by atoms with Crippen molar-refractivity contribution in [3.05, 3.63) is 177 Å². The van der Waals surface area contributed by atoms with Gasteiger partial charge in [-0.05, 0) is 212 Å². The highest BCUT2D eigenvalue weighted by Crippen LogP contribution is 2.62. The predicted octanol–water partition coefficient (Wildman–Crippen LogP) is 18.3. The highest BCUT2D eigenvalue weighted by molar-refractivity contribution is 7.25. The Morgan fingerprint density at radius 2 is 1.17 bits per heavy atom. The van der Waals surface area contributed by atoms with Crippen molar-refractivity contribution in [1.29, 1.82) is 0 Å². The second kappa shape index (κ2) is 16.2. The molecule has 4 heterocycles.